The van der Waals surface area contributed by atoms with Crippen molar-refractivity contribution in [2.75, 3.05) is 40.1 Å². The first kappa shape index (κ1) is 15.9. The number of rotatable bonds is 9. The largest absolute Gasteiger partial charge is 0.393 e. The van der Waals surface area contributed by atoms with Gasteiger partial charge in [0.15, 0.2) is 0 Å². The first-order chi connectivity index (χ1) is 8.84. The predicted octanol–water partition coefficient (Wildman–Crippen LogP) is 2.00. The summed E-state index contributed by atoms with van der Waals surface area (Å²) in [7, 11) is 1.66. The third-order valence-electron chi connectivity index (χ3n) is 3.56. The van der Waals surface area contributed by atoms with Gasteiger partial charge in [0.25, 0.3) is 0 Å². The van der Waals surface area contributed by atoms with Crippen molar-refractivity contribution in [1.29, 1.82) is 0 Å². The highest BCUT2D eigenvalue weighted by molar-refractivity contribution is 4.72. The number of hydrogen-bond donors (Lipinski definition) is 1. The lowest BCUT2D eigenvalue weighted by Gasteiger charge is -2.19. The number of aliphatic hydroxyl groups excluding tert-OH is 1. The second-order valence-corrected chi connectivity index (χ2v) is 4.97. The molecule has 0 radical (unpaired) electrons. The van der Waals surface area contributed by atoms with Gasteiger partial charge in [-0.3, -0.25) is 0 Å². The zero-order valence-electron chi connectivity index (χ0n) is 11.6. The molecule has 0 aromatic heterocycles. The van der Waals surface area contributed by atoms with E-state index < -0.39 is 0 Å². The van der Waals surface area contributed by atoms with Gasteiger partial charge in [0.05, 0.1) is 32.5 Å². The summed E-state index contributed by atoms with van der Waals surface area (Å²) in [4.78, 5) is 0. The predicted molar refractivity (Wildman–Crippen MR) is 70.7 cm³/mol. The lowest BCUT2D eigenvalue weighted by atomic mass is 9.94. The number of hydrogen-bond acceptors (Lipinski definition) is 4. The monoisotopic (exact) mass is 260 g/mol. The summed E-state index contributed by atoms with van der Waals surface area (Å²) >= 11 is 0. The van der Waals surface area contributed by atoms with Gasteiger partial charge >= 0.3 is 0 Å². The average Bonchev–Trinajstić information content (AvgIpc) is 2.58. The van der Waals surface area contributed by atoms with Gasteiger partial charge < -0.3 is 19.3 Å². The van der Waals surface area contributed by atoms with Crippen molar-refractivity contribution in [2.24, 2.45) is 5.92 Å². The first-order valence-corrected chi connectivity index (χ1v) is 7.17. The van der Waals surface area contributed by atoms with Crippen molar-refractivity contribution in [3.05, 3.63) is 0 Å². The Morgan fingerprint density at radius 2 is 1.56 bits per heavy atom. The van der Waals surface area contributed by atoms with Crippen molar-refractivity contribution < 1.29 is 19.3 Å². The minimum absolute atomic E-state index is 0.117. The Morgan fingerprint density at radius 1 is 0.889 bits per heavy atom. The van der Waals surface area contributed by atoms with Crippen molar-refractivity contribution in [3.63, 3.8) is 0 Å². The Labute approximate surface area is 111 Å². The van der Waals surface area contributed by atoms with Crippen molar-refractivity contribution in [1.82, 2.24) is 0 Å². The third kappa shape index (κ3) is 7.31. The van der Waals surface area contributed by atoms with Crippen LogP contribution in [0.3, 0.4) is 0 Å². The Hall–Kier alpha value is -0.160. The highest BCUT2D eigenvalue weighted by atomic mass is 16.5. The van der Waals surface area contributed by atoms with E-state index in [9.17, 15) is 5.11 Å². The SMILES string of the molecule is COCCOCCOCCC1CCCCCC1O. The second kappa shape index (κ2) is 10.7. The summed E-state index contributed by atoms with van der Waals surface area (Å²) in [6.07, 6.45) is 6.66. The van der Waals surface area contributed by atoms with Crippen molar-refractivity contribution >= 4 is 0 Å². The lowest BCUT2D eigenvalue weighted by Crippen LogP contribution is -2.21. The minimum Gasteiger partial charge on any atom is -0.393 e. The maximum absolute atomic E-state index is 9.95. The van der Waals surface area contributed by atoms with E-state index in [1.54, 1.807) is 7.11 Å². The molecular weight excluding hydrogens is 232 g/mol. The van der Waals surface area contributed by atoms with Crippen LogP contribution in [0.15, 0.2) is 0 Å². The fourth-order valence-electron chi connectivity index (χ4n) is 2.40. The molecule has 0 bridgehead atoms. The van der Waals surface area contributed by atoms with Crippen LogP contribution in [0.1, 0.15) is 38.5 Å². The summed E-state index contributed by atoms with van der Waals surface area (Å²) in [5.41, 5.74) is 0. The molecule has 2 atom stereocenters. The van der Waals surface area contributed by atoms with Gasteiger partial charge in [0.2, 0.25) is 0 Å². The van der Waals surface area contributed by atoms with Crippen LogP contribution >= 0.6 is 0 Å². The molecule has 4 heteroatoms. The van der Waals surface area contributed by atoms with Gasteiger partial charge in [-0.25, -0.2) is 0 Å². The van der Waals surface area contributed by atoms with Crippen LogP contribution in [-0.2, 0) is 14.2 Å². The third-order valence-corrected chi connectivity index (χ3v) is 3.56. The van der Waals surface area contributed by atoms with E-state index >= 15 is 0 Å². The van der Waals surface area contributed by atoms with Crippen LogP contribution in [0, 0.1) is 5.92 Å². The topological polar surface area (TPSA) is 47.9 Å². The molecule has 0 saturated heterocycles. The molecular formula is C14H28O4. The van der Waals surface area contributed by atoms with Crippen LogP contribution < -0.4 is 0 Å². The molecule has 1 fully saturated rings. The molecule has 0 aromatic rings. The van der Waals surface area contributed by atoms with Crippen molar-refractivity contribution in [3.8, 4) is 0 Å². The number of methoxy groups -OCH3 is 1. The van der Waals surface area contributed by atoms with Crippen LogP contribution in [0.4, 0.5) is 0 Å². The second-order valence-electron chi connectivity index (χ2n) is 4.97. The summed E-state index contributed by atoms with van der Waals surface area (Å²) < 4.78 is 15.7. The van der Waals surface area contributed by atoms with E-state index in [-0.39, 0.29) is 6.10 Å². The van der Waals surface area contributed by atoms with Crippen LogP contribution in [0.2, 0.25) is 0 Å². The normalized spacial score (nSPS) is 25.0. The maximum atomic E-state index is 9.95. The molecule has 0 amide bonds. The maximum Gasteiger partial charge on any atom is 0.0701 e. The number of ether oxygens (including phenoxy) is 3. The van der Waals surface area contributed by atoms with E-state index in [1.807, 2.05) is 0 Å². The minimum atomic E-state index is -0.117. The van der Waals surface area contributed by atoms with Gasteiger partial charge in [-0.2, -0.15) is 0 Å². The van der Waals surface area contributed by atoms with Crippen molar-refractivity contribution in [2.45, 2.75) is 44.6 Å². The fourth-order valence-corrected chi connectivity index (χ4v) is 2.40. The quantitative estimate of drug-likeness (QED) is 0.509. The smallest absolute Gasteiger partial charge is 0.0701 e. The Kier molecular flexibility index (Phi) is 9.48. The molecule has 0 aromatic carbocycles. The van der Waals surface area contributed by atoms with Crippen LogP contribution in [0.25, 0.3) is 0 Å². The molecule has 1 aliphatic rings. The zero-order valence-corrected chi connectivity index (χ0v) is 11.6. The molecule has 0 heterocycles. The van der Waals surface area contributed by atoms with E-state index in [0.29, 0.717) is 32.3 Å². The van der Waals surface area contributed by atoms with E-state index in [2.05, 4.69) is 0 Å². The molecule has 1 saturated carbocycles. The van der Waals surface area contributed by atoms with E-state index in [1.165, 1.54) is 19.3 Å². The lowest BCUT2D eigenvalue weighted by molar-refractivity contribution is 0.0140. The molecule has 1 aliphatic carbocycles. The first-order valence-electron chi connectivity index (χ1n) is 7.17. The van der Waals surface area contributed by atoms with Gasteiger partial charge in [-0.05, 0) is 25.2 Å². The highest BCUT2D eigenvalue weighted by Crippen LogP contribution is 2.25. The van der Waals surface area contributed by atoms with Crippen LogP contribution in [0.5, 0.6) is 0 Å². The Morgan fingerprint density at radius 3 is 2.33 bits per heavy atom. The molecule has 18 heavy (non-hydrogen) atoms. The summed E-state index contributed by atoms with van der Waals surface area (Å²) in [6, 6.07) is 0. The summed E-state index contributed by atoms with van der Waals surface area (Å²) in [5, 5.41) is 9.95. The van der Waals surface area contributed by atoms with E-state index in [4.69, 9.17) is 14.2 Å². The highest BCUT2D eigenvalue weighted by Gasteiger charge is 2.20. The molecule has 0 aliphatic heterocycles. The molecule has 1 N–H and O–H groups in total. The van der Waals surface area contributed by atoms with Gasteiger partial charge in [-0.1, -0.05) is 19.3 Å². The molecule has 0 spiro atoms. The van der Waals surface area contributed by atoms with Gasteiger partial charge in [0.1, 0.15) is 0 Å². The molecule has 2 unspecified atom stereocenters. The summed E-state index contributed by atoms with van der Waals surface area (Å²) in [5.74, 6) is 0.432. The van der Waals surface area contributed by atoms with E-state index in [0.717, 1.165) is 25.9 Å². The Balaban J connectivity index is 1.93. The molecule has 4 nitrogen and oxygen atoms in total. The number of aliphatic hydroxyl groups is 1. The van der Waals surface area contributed by atoms with Gasteiger partial charge in [-0.15, -0.1) is 0 Å². The van der Waals surface area contributed by atoms with Gasteiger partial charge in [0, 0.05) is 13.7 Å². The zero-order chi connectivity index (χ0) is 13.1. The molecule has 108 valence electrons. The Bertz CT molecular complexity index is 187. The fraction of sp³-hybridized carbons (Fsp3) is 1.00. The molecule has 1 rings (SSSR count). The average molecular weight is 260 g/mol. The standard InChI is InChI=1S/C14H28O4/c1-16-9-10-18-12-11-17-8-7-13-5-3-2-4-6-14(13)15/h13-15H,2-12H2,1H3. The summed E-state index contributed by atoms with van der Waals surface area (Å²) in [6.45, 7) is 3.24. The van der Waals surface area contributed by atoms with Crippen LogP contribution in [-0.4, -0.2) is 51.4 Å².